The summed E-state index contributed by atoms with van der Waals surface area (Å²) in [6.07, 6.45) is 0. The number of thiophene rings is 3. The zero-order valence-electron chi connectivity index (χ0n) is 15.3. The summed E-state index contributed by atoms with van der Waals surface area (Å²) in [4.78, 5) is 2.91. The fourth-order valence-corrected chi connectivity index (χ4v) is 7.58. The van der Waals surface area contributed by atoms with E-state index >= 15 is 0 Å². The molecular weight excluding hydrogens is 412 g/mol. The van der Waals surface area contributed by atoms with Gasteiger partial charge in [-0.15, -0.1) is 34.0 Å². The van der Waals surface area contributed by atoms with Gasteiger partial charge in [0.2, 0.25) is 0 Å². The molecule has 0 saturated carbocycles. The molecule has 0 saturated heterocycles. The minimum atomic E-state index is -1.16. The summed E-state index contributed by atoms with van der Waals surface area (Å²) in [5.74, 6) is 0. The van der Waals surface area contributed by atoms with Gasteiger partial charge in [0.25, 0.3) is 0 Å². The van der Waals surface area contributed by atoms with Gasteiger partial charge in [-0.3, -0.25) is 0 Å². The minimum absolute atomic E-state index is 0.969. The van der Waals surface area contributed by atoms with Crippen LogP contribution in [0, 0.1) is 0 Å². The molecule has 0 atom stereocenters. The van der Waals surface area contributed by atoms with E-state index in [4.69, 9.17) is 0 Å². The van der Waals surface area contributed by atoms with Crippen LogP contribution < -0.4 is 0 Å². The number of rotatable bonds is 3. The predicted molar refractivity (Wildman–Crippen MR) is 128 cm³/mol. The molecule has 6 rings (SSSR count). The third-order valence-electron chi connectivity index (χ3n) is 5.35. The summed E-state index contributed by atoms with van der Waals surface area (Å²) < 4.78 is 3.59. The topological polar surface area (TPSA) is 20.2 Å². The lowest BCUT2D eigenvalue weighted by atomic mass is 9.96. The monoisotopic (exact) mass is 428 g/mol. The number of hydrogen-bond donors (Lipinski definition) is 1. The van der Waals surface area contributed by atoms with Crippen LogP contribution in [0.4, 0.5) is 0 Å². The van der Waals surface area contributed by atoms with Gasteiger partial charge >= 0.3 is 0 Å². The Morgan fingerprint density at radius 1 is 0.483 bits per heavy atom. The average Bonchev–Trinajstić information content (AvgIpc) is 3.48. The number of hydrogen-bond acceptors (Lipinski definition) is 4. The molecule has 0 amide bonds. The second kappa shape index (κ2) is 6.51. The van der Waals surface area contributed by atoms with Gasteiger partial charge in [0.1, 0.15) is 0 Å². The molecular formula is C25H16OS3. The first-order valence-corrected chi connectivity index (χ1v) is 11.9. The predicted octanol–water partition coefficient (Wildman–Crippen LogP) is 7.61. The summed E-state index contributed by atoms with van der Waals surface area (Å²) in [6.45, 7) is 0. The summed E-state index contributed by atoms with van der Waals surface area (Å²) >= 11 is 5.03. The first kappa shape index (κ1) is 17.4. The van der Waals surface area contributed by atoms with E-state index in [1.54, 1.807) is 34.0 Å². The van der Waals surface area contributed by atoms with Crippen molar-refractivity contribution in [3.8, 4) is 0 Å². The highest BCUT2D eigenvalue weighted by molar-refractivity contribution is 7.22. The van der Waals surface area contributed by atoms with Crippen LogP contribution in [-0.4, -0.2) is 5.11 Å². The highest BCUT2D eigenvalue weighted by atomic mass is 32.1. The highest BCUT2D eigenvalue weighted by Crippen LogP contribution is 2.48. The van der Waals surface area contributed by atoms with E-state index in [0.717, 1.165) is 14.6 Å². The van der Waals surface area contributed by atoms with Crippen LogP contribution in [0.2, 0.25) is 0 Å². The van der Waals surface area contributed by atoms with Crippen LogP contribution in [-0.2, 0) is 5.60 Å². The standard InChI is InChI=1S/C25H16OS3/c26-25(22-13-16-7-1-4-10-19(16)27-22,23-14-17-8-2-5-11-20(17)28-23)24-15-18-9-3-6-12-21(18)29-24/h1-15,26H. The van der Waals surface area contributed by atoms with Gasteiger partial charge in [-0.25, -0.2) is 0 Å². The van der Waals surface area contributed by atoms with E-state index in [-0.39, 0.29) is 0 Å². The smallest absolute Gasteiger partial charge is 0.167 e. The molecule has 0 aliphatic rings. The third-order valence-corrected chi connectivity index (χ3v) is 9.02. The Hall–Kier alpha value is -2.50. The molecule has 0 bridgehead atoms. The second-order valence-corrected chi connectivity index (χ2v) is 10.4. The Morgan fingerprint density at radius 3 is 1.10 bits per heavy atom. The van der Waals surface area contributed by atoms with Gasteiger partial charge in [0.05, 0.1) is 0 Å². The lowest BCUT2D eigenvalue weighted by Gasteiger charge is -2.24. The molecule has 3 aromatic heterocycles. The quantitative estimate of drug-likeness (QED) is 0.307. The minimum Gasteiger partial charge on any atom is -0.374 e. The summed E-state index contributed by atoms with van der Waals surface area (Å²) in [7, 11) is 0. The van der Waals surface area contributed by atoms with E-state index in [1.807, 2.05) is 0 Å². The van der Waals surface area contributed by atoms with Crippen molar-refractivity contribution in [2.24, 2.45) is 0 Å². The average molecular weight is 429 g/mol. The van der Waals surface area contributed by atoms with E-state index in [2.05, 4.69) is 91.0 Å². The summed E-state index contributed by atoms with van der Waals surface area (Å²) in [6, 6.07) is 31.5. The van der Waals surface area contributed by atoms with E-state index < -0.39 is 5.60 Å². The Labute approximate surface area is 180 Å². The zero-order valence-corrected chi connectivity index (χ0v) is 17.8. The molecule has 0 radical (unpaired) electrons. The molecule has 0 unspecified atom stereocenters. The van der Waals surface area contributed by atoms with Crippen LogP contribution in [0.15, 0.2) is 91.0 Å². The van der Waals surface area contributed by atoms with Crippen molar-refractivity contribution in [2.75, 3.05) is 0 Å². The molecule has 1 nitrogen and oxygen atoms in total. The molecule has 1 N–H and O–H groups in total. The fraction of sp³-hybridized carbons (Fsp3) is 0.0400. The number of aliphatic hydroxyl groups is 1. The molecule has 6 aromatic rings. The second-order valence-electron chi connectivity index (χ2n) is 7.16. The zero-order chi connectivity index (χ0) is 19.4. The fourth-order valence-electron chi connectivity index (χ4n) is 3.84. The molecule has 140 valence electrons. The lowest BCUT2D eigenvalue weighted by Crippen LogP contribution is -2.25. The van der Waals surface area contributed by atoms with Crippen molar-refractivity contribution in [2.45, 2.75) is 5.60 Å². The maximum absolute atomic E-state index is 12.4. The Balaban J connectivity index is 1.66. The van der Waals surface area contributed by atoms with Crippen molar-refractivity contribution < 1.29 is 5.11 Å². The Bertz CT molecular complexity index is 1210. The van der Waals surface area contributed by atoms with Crippen molar-refractivity contribution in [3.63, 3.8) is 0 Å². The van der Waals surface area contributed by atoms with Gasteiger partial charge in [-0.1, -0.05) is 54.6 Å². The first-order chi connectivity index (χ1) is 14.2. The molecule has 0 fully saturated rings. The van der Waals surface area contributed by atoms with Crippen molar-refractivity contribution >= 4 is 64.3 Å². The SMILES string of the molecule is OC(c1cc2ccccc2s1)(c1cc2ccccc2s1)c1cc2ccccc2s1. The van der Waals surface area contributed by atoms with E-state index in [0.29, 0.717) is 0 Å². The van der Waals surface area contributed by atoms with Crippen LogP contribution in [0.25, 0.3) is 30.3 Å². The molecule has 4 heteroatoms. The van der Waals surface area contributed by atoms with Gasteiger partial charge in [-0.2, -0.15) is 0 Å². The number of fused-ring (bicyclic) bond motifs is 3. The first-order valence-electron chi connectivity index (χ1n) is 9.41. The molecule has 3 aromatic carbocycles. The summed E-state index contributed by atoms with van der Waals surface area (Å²) in [5.41, 5.74) is -1.16. The summed E-state index contributed by atoms with van der Waals surface area (Å²) in [5, 5.41) is 15.9. The van der Waals surface area contributed by atoms with E-state index in [1.165, 1.54) is 30.3 Å². The lowest BCUT2D eigenvalue weighted by molar-refractivity contribution is 0.138. The Kier molecular flexibility index (Phi) is 3.90. The van der Waals surface area contributed by atoms with Crippen LogP contribution in [0.3, 0.4) is 0 Å². The maximum atomic E-state index is 12.4. The van der Waals surface area contributed by atoms with Crippen molar-refractivity contribution in [1.29, 1.82) is 0 Å². The third kappa shape index (κ3) is 2.68. The Morgan fingerprint density at radius 2 is 0.793 bits per heavy atom. The molecule has 3 heterocycles. The van der Waals surface area contributed by atoms with Crippen molar-refractivity contribution in [3.05, 3.63) is 106 Å². The highest BCUT2D eigenvalue weighted by Gasteiger charge is 2.39. The molecule has 0 aliphatic heterocycles. The van der Waals surface area contributed by atoms with Gasteiger partial charge in [-0.05, 0) is 52.6 Å². The van der Waals surface area contributed by atoms with Crippen LogP contribution >= 0.6 is 34.0 Å². The van der Waals surface area contributed by atoms with Gasteiger partial charge in [0.15, 0.2) is 5.60 Å². The largest absolute Gasteiger partial charge is 0.374 e. The normalized spacial score (nSPS) is 12.3. The molecule has 0 aliphatic carbocycles. The van der Waals surface area contributed by atoms with Gasteiger partial charge < -0.3 is 5.11 Å². The maximum Gasteiger partial charge on any atom is 0.167 e. The van der Waals surface area contributed by atoms with Crippen LogP contribution in [0.5, 0.6) is 0 Å². The van der Waals surface area contributed by atoms with Gasteiger partial charge in [0, 0.05) is 28.7 Å². The van der Waals surface area contributed by atoms with E-state index in [9.17, 15) is 5.11 Å². The number of benzene rings is 3. The molecule has 29 heavy (non-hydrogen) atoms. The van der Waals surface area contributed by atoms with Crippen LogP contribution in [0.1, 0.15) is 14.6 Å². The molecule has 0 spiro atoms. The van der Waals surface area contributed by atoms with Crippen molar-refractivity contribution in [1.82, 2.24) is 0 Å².